The highest BCUT2D eigenvalue weighted by atomic mass is 32.1. The summed E-state index contributed by atoms with van der Waals surface area (Å²) in [4.78, 5) is 5.54. The molecule has 1 aliphatic rings. The van der Waals surface area contributed by atoms with Gasteiger partial charge in [0, 0.05) is 41.5 Å². The summed E-state index contributed by atoms with van der Waals surface area (Å²) < 4.78 is 0. The Bertz CT molecular complexity index is 334. The molecule has 1 aromatic rings. The molecule has 0 radical (unpaired) electrons. The molecule has 0 amide bonds. The quantitative estimate of drug-likeness (QED) is 0.871. The van der Waals surface area contributed by atoms with Gasteiger partial charge in [-0.2, -0.15) is 0 Å². The van der Waals surface area contributed by atoms with E-state index in [4.69, 9.17) is 0 Å². The fourth-order valence-corrected chi connectivity index (χ4v) is 3.30. The summed E-state index contributed by atoms with van der Waals surface area (Å²) in [7, 11) is 0. The molecule has 0 aliphatic carbocycles. The number of thiophene rings is 1. The average molecular weight is 238 g/mol. The lowest BCUT2D eigenvalue weighted by atomic mass is 10.1. The Morgan fingerprint density at radius 3 is 3.00 bits per heavy atom. The van der Waals surface area contributed by atoms with Crippen molar-refractivity contribution in [2.75, 3.05) is 19.6 Å². The van der Waals surface area contributed by atoms with E-state index in [0.29, 0.717) is 12.1 Å². The molecule has 16 heavy (non-hydrogen) atoms. The molecule has 1 saturated heterocycles. The monoisotopic (exact) mass is 238 g/mol. The molecule has 1 fully saturated rings. The molecule has 1 aliphatic heterocycles. The fourth-order valence-electron chi connectivity index (χ4n) is 2.33. The van der Waals surface area contributed by atoms with Crippen molar-refractivity contribution in [3.05, 3.63) is 21.9 Å². The van der Waals surface area contributed by atoms with Crippen molar-refractivity contribution in [2.24, 2.45) is 0 Å². The maximum atomic E-state index is 3.57. The van der Waals surface area contributed by atoms with Gasteiger partial charge in [-0.1, -0.05) is 6.92 Å². The average Bonchev–Trinajstić information content (AvgIpc) is 2.75. The summed E-state index contributed by atoms with van der Waals surface area (Å²) in [5, 5.41) is 3.57. The van der Waals surface area contributed by atoms with E-state index in [2.05, 4.69) is 43.1 Å². The molecule has 2 nitrogen and oxygen atoms in total. The number of hydrogen-bond acceptors (Lipinski definition) is 3. The summed E-state index contributed by atoms with van der Waals surface area (Å²) >= 11 is 1.94. The molecule has 3 heteroatoms. The number of nitrogens with one attached hydrogen (secondary N) is 1. The minimum absolute atomic E-state index is 0.579. The van der Waals surface area contributed by atoms with Crippen LogP contribution in [-0.2, 0) is 0 Å². The molecular formula is C13H22N2S. The van der Waals surface area contributed by atoms with Crippen LogP contribution in [-0.4, -0.2) is 30.6 Å². The minimum Gasteiger partial charge on any atom is -0.311 e. The van der Waals surface area contributed by atoms with Gasteiger partial charge in [0.2, 0.25) is 0 Å². The van der Waals surface area contributed by atoms with E-state index in [-0.39, 0.29) is 0 Å². The molecule has 2 rings (SSSR count). The van der Waals surface area contributed by atoms with Gasteiger partial charge in [-0.3, -0.25) is 4.90 Å². The summed E-state index contributed by atoms with van der Waals surface area (Å²) in [6, 6.07) is 5.77. The summed E-state index contributed by atoms with van der Waals surface area (Å²) in [6.45, 7) is 10.3. The molecule has 2 atom stereocenters. The lowest BCUT2D eigenvalue weighted by Crippen LogP contribution is -2.50. The van der Waals surface area contributed by atoms with Crippen molar-refractivity contribution in [1.29, 1.82) is 0 Å². The predicted molar refractivity (Wildman–Crippen MR) is 71.1 cm³/mol. The summed E-state index contributed by atoms with van der Waals surface area (Å²) in [5.41, 5.74) is 0. The number of rotatable bonds is 3. The first-order chi connectivity index (χ1) is 7.70. The van der Waals surface area contributed by atoms with Crippen molar-refractivity contribution >= 4 is 11.3 Å². The Hall–Kier alpha value is -0.380. The Morgan fingerprint density at radius 1 is 1.56 bits per heavy atom. The minimum atomic E-state index is 0.579. The first-order valence-corrected chi connectivity index (χ1v) is 7.06. The zero-order valence-electron chi connectivity index (χ0n) is 10.5. The van der Waals surface area contributed by atoms with E-state index < -0.39 is 0 Å². The van der Waals surface area contributed by atoms with Gasteiger partial charge in [0.25, 0.3) is 0 Å². The van der Waals surface area contributed by atoms with E-state index in [1.165, 1.54) is 29.3 Å². The van der Waals surface area contributed by atoms with Gasteiger partial charge >= 0.3 is 0 Å². The van der Waals surface area contributed by atoms with Crippen molar-refractivity contribution in [3.8, 4) is 0 Å². The molecule has 2 heterocycles. The summed E-state index contributed by atoms with van der Waals surface area (Å²) in [5.74, 6) is 0. The van der Waals surface area contributed by atoms with Crippen LogP contribution in [0.2, 0.25) is 0 Å². The third kappa shape index (κ3) is 2.65. The Kier molecular flexibility index (Phi) is 4.00. The van der Waals surface area contributed by atoms with Crippen LogP contribution in [0.15, 0.2) is 12.1 Å². The van der Waals surface area contributed by atoms with Gasteiger partial charge < -0.3 is 5.32 Å². The van der Waals surface area contributed by atoms with Gasteiger partial charge in [0.1, 0.15) is 0 Å². The van der Waals surface area contributed by atoms with Gasteiger partial charge in [-0.25, -0.2) is 0 Å². The first-order valence-electron chi connectivity index (χ1n) is 6.24. The highest BCUT2D eigenvalue weighted by Crippen LogP contribution is 2.27. The van der Waals surface area contributed by atoms with Gasteiger partial charge in [0.15, 0.2) is 0 Å². The van der Waals surface area contributed by atoms with Crippen molar-refractivity contribution < 1.29 is 0 Å². The fraction of sp³-hybridized carbons (Fsp3) is 0.692. The van der Waals surface area contributed by atoms with Crippen LogP contribution in [0.5, 0.6) is 0 Å². The second kappa shape index (κ2) is 5.30. The van der Waals surface area contributed by atoms with Gasteiger partial charge in [-0.15, -0.1) is 11.3 Å². The molecule has 0 spiro atoms. The van der Waals surface area contributed by atoms with E-state index >= 15 is 0 Å². The Labute approximate surface area is 103 Å². The lowest BCUT2D eigenvalue weighted by molar-refractivity contribution is 0.153. The highest BCUT2D eigenvalue weighted by Gasteiger charge is 2.23. The van der Waals surface area contributed by atoms with Crippen LogP contribution < -0.4 is 5.32 Å². The van der Waals surface area contributed by atoms with Crippen LogP contribution in [0.25, 0.3) is 0 Å². The smallest absolute Gasteiger partial charge is 0.0414 e. The lowest BCUT2D eigenvalue weighted by Gasteiger charge is -2.36. The van der Waals surface area contributed by atoms with Crippen molar-refractivity contribution in [1.82, 2.24) is 10.2 Å². The van der Waals surface area contributed by atoms with Crippen molar-refractivity contribution in [2.45, 2.75) is 39.3 Å². The normalized spacial score (nSPS) is 24.6. The van der Waals surface area contributed by atoms with Crippen LogP contribution in [0.4, 0.5) is 0 Å². The highest BCUT2D eigenvalue weighted by molar-refractivity contribution is 7.12. The van der Waals surface area contributed by atoms with E-state index in [1.54, 1.807) is 0 Å². The number of aryl methyl sites for hydroxylation is 1. The zero-order valence-corrected chi connectivity index (χ0v) is 11.3. The molecule has 2 unspecified atom stereocenters. The topological polar surface area (TPSA) is 15.3 Å². The molecule has 1 N–H and O–H groups in total. The maximum absolute atomic E-state index is 3.57. The second-order valence-corrected chi connectivity index (χ2v) is 6.00. The van der Waals surface area contributed by atoms with Gasteiger partial charge in [0.05, 0.1) is 0 Å². The van der Waals surface area contributed by atoms with Crippen molar-refractivity contribution in [3.63, 3.8) is 0 Å². The number of nitrogens with zero attached hydrogens (tertiary/aromatic N) is 1. The van der Waals surface area contributed by atoms with Crippen LogP contribution in [0.1, 0.15) is 36.1 Å². The third-order valence-electron chi connectivity index (χ3n) is 3.50. The largest absolute Gasteiger partial charge is 0.311 e. The molecule has 0 bridgehead atoms. The number of hydrogen-bond donors (Lipinski definition) is 1. The Balaban J connectivity index is 2.01. The molecule has 0 aromatic carbocycles. The standard InChI is InChI=1S/C13H22N2S/c1-4-12-9-15(8-7-14-12)11(3)13-6-5-10(2)16-13/h5-6,11-12,14H,4,7-9H2,1-3H3. The molecule has 1 aromatic heterocycles. The summed E-state index contributed by atoms with van der Waals surface area (Å²) in [6.07, 6.45) is 1.23. The van der Waals surface area contributed by atoms with E-state index in [1.807, 2.05) is 11.3 Å². The molecular weight excluding hydrogens is 216 g/mol. The first kappa shape index (κ1) is 12.1. The van der Waals surface area contributed by atoms with Gasteiger partial charge in [-0.05, 0) is 32.4 Å². The predicted octanol–water partition coefficient (Wildman–Crippen LogP) is 2.80. The number of piperazine rings is 1. The van der Waals surface area contributed by atoms with Crippen LogP contribution >= 0.6 is 11.3 Å². The van der Waals surface area contributed by atoms with E-state index in [9.17, 15) is 0 Å². The third-order valence-corrected chi connectivity index (χ3v) is 4.67. The maximum Gasteiger partial charge on any atom is 0.0414 e. The van der Waals surface area contributed by atoms with Crippen LogP contribution in [0.3, 0.4) is 0 Å². The zero-order chi connectivity index (χ0) is 11.5. The Morgan fingerprint density at radius 2 is 2.38 bits per heavy atom. The van der Waals surface area contributed by atoms with E-state index in [0.717, 1.165) is 6.54 Å². The molecule has 90 valence electrons. The van der Waals surface area contributed by atoms with Crippen LogP contribution in [0, 0.1) is 6.92 Å². The SMILES string of the molecule is CCC1CN(C(C)c2ccc(C)s2)CCN1. The second-order valence-electron chi connectivity index (χ2n) is 4.68. The molecule has 0 saturated carbocycles.